The fourth-order valence-corrected chi connectivity index (χ4v) is 1.21. The van der Waals surface area contributed by atoms with Crippen LogP contribution >= 0.6 is 0 Å². The number of allylic oxidation sites excluding steroid dienone is 2. The molecule has 3 nitrogen and oxygen atoms in total. The average Bonchev–Trinajstić information content (AvgIpc) is 2.29. The minimum absolute atomic E-state index is 0.0396. The molecule has 0 unspecified atom stereocenters. The lowest BCUT2D eigenvalue weighted by Gasteiger charge is -2.07. The molecule has 0 aliphatic carbocycles. The highest BCUT2D eigenvalue weighted by molar-refractivity contribution is 5.99. The predicted molar refractivity (Wildman–Crippen MR) is 72.1 cm³/mol. The molecule has 0 radical (unpaired) electrons. The number of aromatic hydroxyl groups is 2. The minimum atomic E-state index is -0.0396. The van der Waals surface area contributed by atoms with Gasteiger partial charge in [0.2, 0.25) is 0 Å². The molecular weight excluding hydrogens is 214 g/mol. The van der Waals surface area contributed by atoms with Crippen molar-refractivity contribution in [2.24, 2.45) is 0 Å². The zero-order valence-electron chi connectivity index (χ0n) is 10.9. The molecule has 94 valence electrons. The number of rotatable bonds is 2. The molecule has 0 atom stereocenters. The second-order valence-electron chi connectivity index (χ2n) is 3.64. The highest BCUT2D eigenvalue weighted by atomic mass is 16.3. The van der Waals surface area contributed by atoms with Crippen LogP contribution in [0.5, 0.6) is 11.5 Å². The van der Waals surface area contributed by atoms with Crippen LogP contribution in [0.1, 0.15) is 38.8 Å². The fraction of sp³-hybridized carbons (Fsp3) is 0.357. The first kappa shape index (κ1) is 15.2. The van der Waals surface area contributed by atoms with E-state index in [9.17, 15) is 10.2 Å². The molecule has 1 aromatic rings. The number of nitrogens with one attached hydrogen (secondary N) is 1. The van der Waals surface area contributed by atoms with Crippen LogP contribution in [0.15, 0.2) is 24.3 Å². The van der Waals surface area contributed by atoms with Crippen molar-refractivity contribution >= 4 is 5.71 Å². The number of hydrogen-bond acceptors (Lipinski definition) is 3. The van der Waals surface area contributed by atoms with Crippen molar-refractivity contribution < 1.29 is 10.2 Å². The Morgan fingerprint density at radius 3 is 2.06 bits per heavy atom. The summed E-state index contributed by atoms with van der Waals surface area (Å²) in [5, 5.41) is 26.1. The molecule has 0 heterocycles. The Morgan fingerprint density at radius 2 is 1.71 bits per heavy atom. The van der Waals surface area contributed by atoms with Gasteiger partial charge in [-0.15, -0.1) is 0 Å². The number of phenolic OH excluding ortho intramolecular Hbond substituents is 2. The van der Waals surface area contributed by atoms with Gasteiger partial charge in [0.15, 0.2) is 0 Å². The van der Waals surface area contributed by atoms with E-state index in [-0.39, 0.29) is 11.5 Å². The Bertz CT molecular complexity index is 405. The number of phenols is 2. The highest BCUT2D eigenvalue weighted by Gasteiger charge is 2.08. The Kier molecular flexibility index (Phi) is 6.71. The molecule has 0 saturated heterocycles. The van der Waals surface area contributed by atoms with Crippen molar-refractivity contribution in [2.75, 3.05) is 0 Å². The van der Waals surface area contributed by atoms with Crippen molar-refractivity contribution in [1.82, 2.24) is 0 Å². The van der Waals surface area contributed by atoms with Crippen molar-refractivity contribution in [3.05, 3.63) is 35.4 Å². The molecule has 3 heteroatoms. The molecule has 0 bridgehead atoms. The molecule has 1 aromatic carbocycles. The summed E-state index contributed by atoms with van der Waals surface area (Å²) < 4.78 is 0. The van der Waals surface area contributed by atoms with Crippen LogP contribution in [0.4, 0.5) is 0 Å². The van der Waals surface area contributed by atoms with Crippen LogP contribution < -0.4 is 0 Å². The molecule has 0 fully saturated rings. The van der Waals surface area contributed by atoms with Gasteiger partial charge in [-0.05, 0) is 38.8 Å². The van der Waals surface area contributed by atoms with Gasteiger partial charge >= 0.3 is 0 Å². The first-order valence-corrected chi connectivity index (χ1v) is 5.65. The van der Waals surface area contributed by atoms with Crippen LogP contribution in [0, 0.1) is 5.41 Å². The zero-order valence-corrected chi connectivity index (χ0v) is 10.9. The third kappa shape index (κ3) is 4.72. The highest BCUT2D eigenvalue weighted by Crippen LogP contribution is 2.27. The molecule has 0 spiro atoms. The van der Waals surface area contributed by atoms with Crippen molar-refractivity contribution in [1.29, 1.82) is 5.41 Å². The van der Waals surface area contributed by atoms with Gasteiger partial charge in [0, 0.05) is 17.3 Å². The van der Waals surface area contributed by atoms with Gasteiger partial charge in [-0.2, -0.15) is 0 Å². The van der Waals surface area contributed by atoms with E-state index in [0.29, 0.717) is 17.7 Å². The zero-order chi connectivity index (χ0) is 13.4. The molecule has 0 aromatic heterocycles. The monoisotopic (exact) mass is 235 g/mol. The van der Waals surface area contributed by atoms with Crippen LogP contribution in [-0.2, 0) is 6.42 Å². The summed E-state index contributed by atoms with van der Waals surface area (Å²) in [5.74, 6) is 0.0483. The molecule has 0 aliphatic heterocycles. The van der Waals surface area contributed by atoms with Gasteiger partial charge in [-0.1, -0.05) is 19.1 Å². The molecular formula is C14H21NO2. The standard InChI is InChI=1S/C10H13NO2.C4H8/c1-3-7-4-8(6(2)11)10(13)5-9(7)12;1-3-4-2/h4-5,11-13H,3H2,1-2H3;3-4H,1-2H3/b;4-3-. The fourth-order valence-electron chi connectivity index (χ4n) is 1.21. The summed E-state index contributed by atoms with van der Waals surface area (Å²) >= 11 is 0. The van der Waals surface area contributed by atoms with E-state index in [4.69, 9.17) is 5.41 Å². The summed E-state index contributed by atoms with van der Waals surface area (Å²) in [4.78, 5) is 0. The van der Waals surface area contributed by atoms with Gasteiger partial charge in [-0.25, -0.2) is 0 Å². The second kappa shape index (κ2) is 7.49. The Balaban J connectivity index is 0.000000557. The molecule has 3 N–H and O–H groups in total. The lowest BCUT2D eigenvalue weighted by Crippen LogP contribution is -1.95. The maximum atomic E-state index is 9.38. The maximum Gasteiger partial charge on any atom is 0.128 e. The second-order valence-corrected chi connectivity index (χ2v) is 3.64. The Morgan fingerprint density at radius 1 is 1.18 bits per heavy atom. The summed E-state index contributed by atoms with van der Waals surface area (Å²) in [7, 11) is 0. The first-order valence-electron chi connectivity index (χ1n) is 5.65. The molecule has 17 heavy (non-hydrogen) atoms. The van der Waals surface area contributed by atoms with E-state index < -0.39 is 0 Å². The molecule has 1 rings (SSSR count). The van der Waals surface area contributed by atoms with Gasteiger partial charge in [0.25, 0.3) is 0 Å². The molecule has 0 amide bonds. The Labute approximate surface area is 103 Å². The largest absolute Gasteiger partial charge is 0.508 e. The van der Waals surface area contributed by atoms with Crippen molar-refractivity contribution in [2.45, 2.75) is 34.1 Å². The van der Waals surface area contributed by atoms with E-state index in [1.807, 2.05) is 32.9 Å². The van der Waals surface area contributed by atoms with Crippen LogP contribution in [0.3, 0.4) is 0 Å². The normalized spacial score (nSPS) is 9.88. The van der Waals surface area contributed by atoms with Gasteiger partial charge in [0.05, 0.1) is 0 Å². The van der Waals surface area contributed by atoms with Crippen LogP contribution in [-0.4, -0.2) is 15.9 Å². The number of aryl methyl sites for hydroxylation is 1. The van der Waals surface area contributed by atoms with Crippen molar-refractivity contribution in [3.8, 4) is 11.5 Å². The summed E-state index contributed by atoms with van der Waals surface area (Å²) in [6.45, 7) is 7.51. The van der Waals surface area contributed by atoms with Gasteiger partial charge in [0.1, 0.15) is 11.5 Å². The summed E-state index contributed by atoms with van der Waals surface area (Å²) in [6, 6.07) is 2.93. The molecule has 0 saturated carbocycles. The number of benzene rings is 1. The quantitative estimate of drug-likeness (QED) is 0.541. The van der Waals surface area contributed by atoms with Gasteiger partial charge in [-0.3, -0.25) is 0 Å². The summed E-state index contributed by atoms with van der Waals surface area (Å²) in [5.41, 5.74) is 1.53. The summed E-state index contributed by atoms with van der Waals surface area (Å²) in [6.07, 6.45) is 4.69. The minimum Gasteiger partial charge on any atom is -0.508 e. The lowest BCUT2D eigenvalue weighted by atomic mass is 10.0. The third-order valence-corrected chi connectivity index (χ3v) is 2.32. The Hall–Kier alpha value is -1.77. The lowest BCUT2D eigenvalue weighted by molar-refractivity contribution is 0.445. The van der Waals surface area contributed by atoms with Crippen LogP contribution in [0.25, 0.3) is 0 Å². The smallest absolute Gasteiger partial charge is 0.128 e. The third-order valence-electron chi connectivity index (χ3n) is 2.32. The van der Waals surface area contributed by atoms with Gasteiger partial charge < -0.3 is 15.6 Å². The predicted octanol–water partition coefficient (Wildman–Crippen LogP) is 3.63. The van der Waals surface area contributed by atoms with E-state index >= 15 is 0 Å². The van der Waals surface area contributed by atoms with E-state index in [1.54, 1.807) is 13.0 Å². The maximum absolute atomic E-state index is 9.38. The van der Waals surface area contributed by atoms with E-state index in [1.165, 1.54) is 6.07 Å². The van der Waals surface area contributed by atoms with E-state index in [0.717, 1.165) is 5.56 Å². The van der Waals surface area contributed by atoms with E-state index in [2.05, 4.69) is 0 Å². The topological polar surface area (TPSA) is 64.3 Å². The molecule has 0 aliphatic rings. The van der Waals surface area contributed by atoms with Crippen LogP contribution in [0.2, 0.25) is 0 Å². The van der Waals surface area contributed by atoms with Crippen molar-refractivity contribution in [3.63, 3.8) is 0 Å². The number of hydrogen-bond donors (Lipinski definition) is 3. The average molecular weight is 235 g/mol. The first-order chi connectivity index (χ1) is 7.97. The SMILES string of the molecule is C/C=C\C.CCc1cc(C(C)=N)c(O)cc1O.